The lowest BCUT2D eigenvalue weighted by atomic mass is 9.96. The summed E-state index contributed by atoms with van der Waals surface area (Å²) in [5.74, 6) is -2.68. The van der Waals surface area contributed by atoms with Crippen LogP contribution in [0, 0.1) is 5.82 Å². The number of rotatable bonds is 7. The van der Waals surface area contributed by atoms with E-state index in [0.717, 1.165) is 6.07 Å². The standard InChI is InChI=1S/C23H21FN4O4/c1-32-18-6-5-15(12-17(18)24)21(29)19-20(16-4-2-7-25-13-16)28(23(31)22(19)30)10-3-9-27-11-8-26-14-27/h2,4-8,11-14,20,29H,3,9-10H2,1H3/t20-/m0/s1. The summed E-state index contributed by atoms with van der Waals surface area (Å²) < 4.78 is 21.0. The molecule has 1 atom stereocenters. The van der Waals surface area contributed by atoms with Crippen LogP contribution in [0.5, 0.6) is 5.75 Å². The molecule has 1 amide bonds. The molecule has 0 unspecified atom stereocenters. The van der Waals surface area contributed by atoms with E-state index in [4.69, 9.17) is 4.74 Å². The molecular weight excluding hydrogens is 415 g/mol. The number of ketones is 1. The van der Waals surface area contributed by atoms with Gasteiger partial charge in [0, 0.05) is 43.4 Å². The van der Waals surface area contributed by atoms with Crippen molar-refractivity contribution in [3.63, 3.8) is 0 Å². The van der Waals surface area contributed by atoms with E-state index in [1.807, 2.05) is 10.8 Å². The Labute approximate surface area is 183 Å². The highest BCUT2D eigenvalue weighted by Gasteiger charge is 2.45. The van der Waals surface area contributed by atoms with E-state index in [1.165, 1.54) is 24.1 Å². The molecule has 9 heteroatoms. The highest BCUT2D eigenvalue weighted by atomic mass is 19.1. The second-order valence-corrected chi connectivity index (χ2v) is 7.28. The Morgan fingerprint density at radius 2 is 2.03 bits per heavy atom. The van der Waals surface area contributed by atoms with Gasteiger partial charge < -0.3 is 19.3 Å². The van der Waals surface area contributed by atoms with Crippen molar-refractivity contribution < 1.29 is 23.8 Å². The third-order valence-corrected chi connectivity index (χ3v) is 5.34. The van der Waals surface area contributed by atoms with Crippen molar-refractivity contribution in [3.05, 3.63) is 84.0 Å². The molecule has 4 rings (SSSR count). The van der Waals surface area contributed by atoms with Crippen LogP contribution in [0.2, 0.25) is 0 Å². The van der Waals surface area contributed by atoms with Crippen LogP contribution in [0.15, 0.2) is 67.0 Å². The number of likely N-dealkylation sites (tertiary alicyclic amines) is 1. The van der Waals surface area contributed by atoms with Crippen LogP contribution in [-0.4, -0.2) is 49.9 Å². The number of imidazole rings is 1. The average molecular weight is 436 g/mol. The van der Waals surface area contributed by atoms with Gasteiger partial charge in [-0.15, -0.1) is 0 Å². The van der Waals surface area contributed by atoms with E-state index >= 15 is 0 Å². The molecule has 1 aromatic carbocycles. The number of Topliss-reactive ketones (excluding diaryl/α,β-unsaturated/α-hetero) is 1. The average Bonchev–Trinajstić information content (AvgIpc) is 3.41. The van der Waals surface area contributed by atoms with E-state index in [2.05, 4.69) is 9.97 Å². The van der Waals surface area contributed by atoms with Gasteiger partial charge in [-0.2, -0.15) is 0 Å². The third kappa shape index (κ3) is 3.96. The largest absolute Gasteiger partial charge is 0.507 e. The van der Waals surface area contributed by atoms with Crippen LogP contribution >= 0.6 is 0 Å². The molecule has 1 aliphatic rings. The Balaban J connectivity index is 1.72. The molecule has 1 aliphatic heterocycles. The number of amides is 1. The molecule has 164 valence electrons. The summed E-state index contributed by atoms with van der Waals surface area (Å²) in [6.07, 6.45) is 8.83. The normalized spacial score (nSPS) is 17.7. The molecule has 1 saturated heterocycles. The first-order valence-corrected chi connectivity index (χ1v) is 9.99. The van der Waals surface area contributed by atoms with Crippen LogP contribution < -0.4 is 4.74 Å². The van der Waals surface area contributed by atoms with Gasteiger partial charge in [0.05, 0.1) is 25.1 Å². The number of hydrogen-bond donors (Lipinski definition) is 1. The van der Waals surface area contributed by atoms with Crippen LogP contribution in [0.1, 0.15) is 23.6 Å². The fourth-order valence-electron chi connectivity index (χ4n) is 3.81. The van der Waals surface area contributed by atoms with E-state index < -0.39 is 29.3 Å². The zero-order valence-corrected chi connectivity index (χ0v) is 17.3. The van der Waals surface area contributed by atoms with Gasteiger partial charge >= 0.3 is 0 Å². The molecule has 0 saturated carbocycles. The van der Waals surface area contributed by atoms with Crippen molar-refractivity contribution in [2.75, 3.05) is 13.7 Å². The second-order valence-electron chi connectivity index (χ2n) is 7.28. The number of aromatic nitrogens is 3. The van der Waals surface area contributed by atoms with Crippen LogP contribution in [0.4, 0.5) is 4.39 Å². The molecule has 0 spiro atoms. The Kier molecular flexibility index (Phi) is 5.98. The van der Waals surface area contributed by atoms with Crippen molar-refractivity contribution in [3.8, 4) is 5.75 Å². The minimum atomic E-state index is -0.836. The van der Waals surface area contributed by atoms with Gasteiger partial charge in [0.15, 0.2) is 11.6 Å². The third-order valence-electron chi connectivity index (χ3n) is 5.34. The van der Waals surface area contributed by atoms with Gasteiger partial charge in [-0.3, -0.25) is 14.6 Å². The molecule has 8 nitrogen and oxygen atoms in total. The Hall–Kier alpha value is -4.01. The Bertz CT molecular complexity index is 1160. The first-order valence-electron chi connectivity index (χ1n) is 9.99. The van der Waals surface area contributed by atoms with Crippen molar-refractivity contribution >= 4 is 17.4 Å². The number of methoxy groups -OCH3 is 1. The van der Waals surface area contributed by atoms with Crippen molar-refractivity contribution in [1.29, 1.82) is 0 Å². The van der Waals surface area contributed by atoms with E-state index in [-0.39, 0.29) is 23.4 Å². The zero-order chi connectivity index (χ0) is 22.7. The lowest BCUT2D eigenvalue weighted by Crippen LogP contribution is -2.31. The zero-order valence-electron chi connectivity index (χ0n) is 17.3. The predicted molar refractivity (Wildman–Crippen MR) is 113 cm³/mol. The number of nitrogens with zero attached hydrogens (tertiary/aromatic N) is 4. The van der Waals surface area contributed by atoms with E-state index in [9.17, 15) is 19.1 Å². The molecule has 2 aromatic heterocycles. The van der Waals surface area contributed by atoms with Gasteiger partial charge in [0.1, 0.15) is 5.76 Å². The monoisotopic (exact) mass is 436 g/mol. The Morgan fingerprint density at radius 3 is 2.69 bits per heavy atom. The number of aryl methyl sites for hydroxylation is 1. The fourth-order valence-corrected chi connectivity index (χ4v) is 3.81. The van der Waals surface area contributed by atoms with Crippen LogP contribution in [-0.2, 0) is 16.1 Å². The Morgan fingerprint density at radius 1 is 1.19 bits per heavy atom. The van der Waals surface area contributed by atoms with Gasteiger partial charge in [-0.1, -0.05) is 6.07 Å². The number of aliphatic hydroxyl groups is 1. The number of carbonyl (C=O) groups excluding carboxylic acids is 2. The van der Waals surface area contributed by atoms with Gasteiger partial charge in [0.25, 0.3) is 11.7 Å². The minimum absolute atomic E-state index is 0.00492. The predicted octanol–water partition coefficient (Wildman–Crippen LogP) is 2.94. The summed E-state index contributed by atoms with van der Waals surface area (Å²) in [6.45, 7) is 0.877. The molecule has 0 radical (unpaired) electrons. The number of hydrogen-bond acceptors (Lipinski definition) is 6. The quantitative estimate of drug-likeness (QED) is 0.348. The van der Waals surface area contributed by atoms with Gasteiger partial charge in [-0.25, -0.2) is 9.37 Å². The summed E-state index contributed by atoms with van der Waals surface area (Å²) in [7, 11) is 1.33. The van der Waals surface area contributed by atoms with Gasteiger partial charge in [-0.05, 0) is 36.2 Å². The summed E-state index contributed by atoms with van der Waals surface area (Å²) >= 11 is 0. The SMILES string of the molecule is COc1ccc(C(O)=C2C(=O)C(=O)N(CCCn3ccnc3)[C@H]2c2cccnc2)cc1F. The van der Waals surface area contributed by atoms with Crippen molar-refractivity contribution in [2.45, 2.75) is 19.0 Å². The molecule has 1 N–H and O–H groups in total. The summed E-state index contributed by atoms with van der Waals surface area (Å²) in [4.78, 5) is 35.3. The maximum atomic E-state index is 14.2. The molecule has 3 heterocycles. The number of benzene rings is 1. The fraction of sp³-hybridized carbons (Fsp3) is 0.217. The number of ether oxygens (including phenoxy) is 1. The van der Waals surface area contributed by atoms with Crippen molar-refractivity contribution in [1.82, 2.24) is 19.4 Å². The summed E-state index contributed by atoms with van der Waals surface area (Å²) in [6, 6.07) is 6.44. The summed E-state index contributed by atoms with van der Waals surface area (Å²) in [5, 5.41) is 11.0. The molecular formula is C23H21FN4O4. The first kappa shape index (κ1) is 21.2. The first-order chi connectivity index (χ1) is 15.5. The molecule has 32 heavy (non-hydrogen) atoms. The maximum Gasteiger partial charge on any atom is 0.295 e. The highest BCUT2D eigenvalue weighted by molar-refractivity contribution is 6.46. The molecule has 1 fully saturated rings. The number of halogens is 1. The minimum Gasteiger partial charge on any atom is -0.507 e. The topological polar surface area (TPSA) is 97.6 Å². The van der Waals surface area contributed by atoms with E-state index in [1.54, 1.807) is 37.1 Å². The van der Waals surface area contributed by atoms with E-state index in [0.29, 0.717) is 18.5 Å². The highest BCUT2D eigenvalue weighted by Crippen LogP contribution is 2.39. The maximum absolute atomic E-state index is 14.2. The van der Waals surface area contributed by atoms with Gasteiger partial charge in [0.2, 0.25) is 0 Å². The van der Waals surface area contributed by atoms with Crippen molar-refractivity contribution in [2.24, 2.45) is 0 Å². The molecule has 0 bridgehead atoms. The molecule has 0 aliphatic carbocycles. The number of aliphatic hydroxyl groups excluding tert-OH is 1. The number of carbonyl (C=O) groups is 2. The van der Waals surface area contributed by atoms with Crippen LogP contribution in [0.25, 0.3) is 5.76 Å². The lowest BCUT2D eigenvalue weighted by Gasteiger charge is -2.25. The second kappa shape index (κ2) is 9.01. The smallest absolute Gasteiger partial charge is 0.295 e. The summed E-state index contributed by atoms with van der Waals surface area (Å²) in [5.41, 5.74) is 0.550. The van der Waals surface area contributed by atoms with Crippen LogP contribution in [0.3, 0.4) is 0 Å². The number of pyridine rings is 1. The lowest BCUT2D eigenvalue weighted by molar-refractivity contribution is -0.139. The molecule has 3 aromatic rings.